The Kier molecular flexibility index (Phi) is 6.81. The lowest BCUT2D eigenvalue weighted by Gasteiger charge is -2.16. The third-order valence-corrected chi connectivity index (χ3v) is 6.04. The summed E-state index contributed by atoms with van der Waals surface area (Å²) in [6, 6.07) is 26.6. The Hall–Kier alpha value is -5.61. The molecule has 0 aliphatic rings. The molecule has 0 aliphatic heterocycles. The molecule has 0 amide bonds. The number of hydrazine groups is 1. The Labute approximate surface area is 229 Å². The largest absolute Gasteiger partial charge is 0.457 e. The third kappa shape index (κ3) is 5.33. The molecular weight excluding hydrogens is 507 g/mol. The fraction of sp³-hybridized carbons (Fsp3) is 0. The van der Waals surface area contributed by atoms with Crippen molar-refractivity contribution in [2.75, 3.05) is 10.7 Å². The standard InChI is InChI=1S/C30H23FN8O/c31-23-9-11-25(12-10-23)40-26-8-4-5-21(17-26)27-28(38-32)36-30(35-24-6-2-1-3-7-24)37-29(27)39-19-22(18-34-39)20-13-15-33-16-14-20/h1-19H,32H2,(H2,35,36,37,38). The molecular formula is C30H23FN8O. The third-order valence-electron chi connectivity index (χ3n) is 6.04. The number of nitrogens with one attached hydrogen (secondary N) is 2. The number of ether oxygens (including phenoxy) is 1. The number of hydrogen-bond donors (Lipinski definition) is 3. The van der Waals surface area contributed by atoms with Crippen LogP contribution in [0.25, 0.3) is 28.1 Å². The Morgan fingerprint density at radius 3 is 2.35 bits per heavy atom. The van der Waals surface area contributed by atoms with Crippen LogP contribution in [0.1, 0.15) is 0 Å². The first kappa shape index (κ1) is 24.7. The van der Waals surface area contributed by atoms with Crippen molar-refractivity contribution >= 4 is 17.5 Å². The second kappa shape index (κ2) is 11.0. The van der Waals surface area contributed by atoms with Gasteiger partial charge < -0.3 is 15.5 Å². The summed E-state index contributed by atoms with van der Waals surface area (Å²) in [7, 11) is 0. The molecule has 9 nitrogen and oxygen atoms in total. The molecule has 0 aliphatic carbocycles. The first-order valence-corrected chi connectivity index (χ1v) is 12.4. The highest BCUT2D eigenvalue weighted by atomic mass is 19.1. The molecule has 3 heterocycles. The van der Waals surface area contributed by atoms with Gasteiger partial charge in [-0.2, -0.15) is 15.1 Å². The summed E-state index contributed by atoms with van der Waals surface area (Å²) in [6.07, 6.45) is 7.10. The second-order valence-electron chi connectivity index (χ2n) is 8.72. The van der Waals surface area contributed by atoms with Gasteiger partial charge in [-0.25, -0.2) is 14.9 Å². The molecule has 0 spiro atoms. The van der Waals surface area contributed by atoms with Crippen molar-refractivity contribution in [2.45, 2.75) is 0 Å². The summed E-state index contributed by atoms with van der Waals surface area (Å²) in [4.78, 5) is 13.6. The van der Waals surface area contributed by atoms with Gasteiger partial charge in [0, 0.05) is 29.8 Å². The highest BCUT2D eigenvalue weighted by Gasteiger charge is 2.20. The van der Waals surface area contributed by atoms with Crippen LogP contribution in [0, 0.1) is 5.82 Å². The van der Waals surface area contributed by atoms with Gasteiger partial charge in [0.25, 0.3) is 0 Å². The quantitative estimate of drug-likeness (QED) is 0.154. The normalized spacial score (nSPS) is 10.8. The zero-order valence-electron chi connectivity index (χ0n) is 21.1. The van der Waals surface area contributed by atoms with Gasteiger partial charge >= 0.3 is 0 Å². The summed E-state index contributed by atoms with van der Waals surface area (Å²) < 4.78 is 21.0. The number of halogens is 1. The first-order chi connectivity index (χ1) is 19.7. The summed E-state index contributed by atoms with van der Waals surface area (Å²) in [6.45, 7) is 0. The SMILES string of the molecule is NNc1nc(Nc2ccccc2)nc(-n2cc(-c3ccncc3)cn2)c1-c1cccc(Oc2ccc(F)cc2)c1. The predicted molar refractivity (Wildman–Crippen MR) is 152 cm³/mol. The maximum atomic E-state index is 13.4. The lowest BCUT2D eigenvalue weighted by Crippen LogP contribution is -2.15. The van der Waals surface area contributed by atoms with Gasteiger partial charge in [0.2, 0.25) is 5.95 Å². The number of hydrogen-bond acceptors (Lipinski definition) is 8. The highest BCUT2D eigenvalue weighted by molar-refractivity contribution is 5.83. The lowest BCUT2D eigenvalue weighted by molar-refractivity contribution is 0.481. The van der Waals surface area contributed by atoms with Crippen LogP contribution in [0.4, 0.5) is 21.8 Å². The Morgan fingerprint density at radius 2 is 1.57 bits per heavy atom. The van der Waals surface area contributed by atoms with Gasteiger partial charge in [0.1, 0.15) is 17.3 Å². The molecule has 4 N–H and O–H groups in total. The number of para-hydroxylation sites is 1. The van der Waals surface area contributed by atoms with Crippen LogP contribution in [-0.2, 0) is 0 Å². The van der Waals surface area contributed by atoms with E-state index in [4.69, 9.17) is 15.6 Å². The van der Waals surface area contributed by atoms with E-state index in [0.717, 1.165) is 22.4 Å². The van der Waals surface area contributed by atoms with E-state index in [-0.39, 0.29) is 5.82 Å². The topological polar surface area (TPSA) is 116 Å². The van der Waals surface area contributed by atoms with Crippen LogP contribution >= 0.6 is 0 Å². The molecule has 0 saturated carbocycles. The molecule has 10 heteroatoms. The smallest absolute Gasteiger partial charge is 0.231 e. The molecule has 0 radical (unpaired) electrons. The molecule has 3 aromatic carbocycles. The van der Waals surface area contributed by atoms with Crippen molar-refractivity contribution in [1.29, 1.82) is 0 Å². The van der Waals surface area contributed by atoms with Crippen molar-refractivity contribution in [1.82, 2.24) is 24.7 Å². The molecule has 0 saturated heterocycles. The van der Waals surface area contributed by atoms with E-state index in [1.165, 1.54) is 12.1 Å². The van der Waals surface area contributed by atoms with Gasteiger partial charge in [0.15, 0.2) is 11.6 Å². The number of nitrogen functional groups attached to an aromatic ring is 1. The van der Waals surface area contributed by atoms with Gasteiger partial charge in [-0.1, -0.05) is 30.3 Å². The molecule has 6 aromatic rings. The molecule has 0 bridgehead atoms. The van der Waals surface area contributed by atoms with Crippen LogP contribution in [0.2, 0.25) is 0 Å². The van der Waals surface area contributed by atoms with Gasteiger partial charge in [-0.3, -0.25) is 4.98 Å². The first-order valence-electron chi connectivity index (χ1n) is 12.4. The maximum Gasteiger partial charge on any atom is 0.231 e. The van der Waals surface area contributed by atoms with Crippen molar-refractivity contribution in [3.8, 4) is 39.6 Å². The van der Waals surface area contributed by atoms with Crippen molar-refractivity contribution in [3.05, 3.63) is 122 Å². The molecule has 6 rings (SSSR count). The fourth-order valence-corrected chi connectivity index (χ4v) is 4.18. The molecule has 0 unspecified atom stereocenters. The minimum absolute atomic E-state index is 0.331. The highest BCUT2D eigenvalue weighted by Crippen LogP contribution is 2.36. The summed E-state index contributed by atoms with van der Waals surface area (Å²) in [5.41, 5.74) is 6.73. The zero-order valence-corrected chi connectivity index (χ0v) is 21.1. The second-order valence-corrected chi connectivity index (χ2v) is 8.72. The average molecular weight is 531 g/mol. The van der Waals surface area contributed by atoms with Crippen LogP contribution in [0.3, 0.4) is 0 Å². The van der Waals surface area contributed by atoms with Crippen LogP contribution in [0.5, 0.6) is 11.5 Å². The minimum atomic E-state index is -0.337. The number of rotatable bonds is 8. The van der Waals surface area contributed by atoms with E-state index in [0.29, 0.717) is 34.6 Å². The van der Waals surface area contributed by atoms with Crippen molar-refractivity contribution in [2.24, 2.45) is 5.84 Å². The summed E-state index contributed by atoms with van der Waals surface area (Å²) in [5, 5.41) is 7.85. The summed E-state index contributed by atoms with van der Waals surface area (Å²) >= 11 is 0. The number of nitrogens with two attached hydrogens (primary N) is 1. The number of nitrogens with zero attached hydrogens (tertiary/aromatic N) is 5. The number of anilines is 3. The molecule has 0 atom stereocenters. The van der Waals surface area contributed by atoms with Crippen LogP contribution < -0.4 is 21.3 Å². The molecule has 40 heavy (non-hydrogen) atoms. The van der Waals surface area contributed by atoms with E-state index in [1.54, 1.807) is 35.4 Å². The lowest BCUT2D eigenvalue weighted by atomic mass is 10.1. The number of aromatic nitrogens is 5. The summed E-state index contributed by atoms with van der Waals surface area (Å²) in [5.74, 6) is 7.90. The van der Waals surface area contributed by atoms with Crippen molar-refractivity contribution in [3.63, 3.8) is 0 Å². The van der Waals surface area contributed by atoms with Crippen LogP contribution in [-0.4, -0.2) is 24.7 Å². The molecule has 196 valence electrons. The Morgan fingerprint density at radius 1 is 0.775 bits per heavy atom. The van der Waals surface area contributed by atoms with Gasteiger partial charge in [0.05, 0.1) is 11.8 Å². The van der Waals surface area contributed by atoms with Crippen LogP contribution in [0.15, 0.2) is 116 Å². The van der Waals surface area contributed by atoms with E-state index in [9.17, 15) is 4.39 Å². The zero-order chi connectivity index (χ0) is 27.3. The number of benzene rings is 3. The average Bonchev–Trinajstić information content (AvgIpc) is 3.49. The predicted octanol–water partition coefficient (Wildman–Crippen LogP) is 6.35. The van der Waals surface area contributed by atoms with Gasteiger partial charge in [-0.15, -0.1) is 0 Å². The van der Waals surface area contributed by atoms with Gasteiger partial charge in [-0.05, 0) is 71.8 Å². The van der Waals surface area contributed by atoms with E-state index < -0.39 is 0 Å². The van der Waals surface area contributed by atoms with E-state index in [1.807, 2.05) is 72.9 Å². The van der Waals surface area contributed by atoms with E-state index >= 15 is 0 Å². The maximum absolute atomic E-state index is 13.4. The fourth-order valence-electron chi connectivity index (χ4n) is 4.18. The Balaban J connectivity index is 1.46. The monoisotopic (exact) mass is 530 g/mol. The number of pyridine rings is 1. The van der Waals surface area contributed by atoms with Crippen molar-refractivity contribution < 1.29 is 9.13 Å². The minimum Gasteiger partial charge on any atom is -0.457 e. The molecule has 3 aromatic heterocycles. The Bertz CT molecular complexity index is 1740. The van der Waals surface area contributed by atoms with E-state index in [2.05, 4.69) is 25.8 Å². The molecule has 0 fully saturated rings.